The Balaban J connectivity index is 2.27. The molecule has 1 amide bonds. The Morgan fingerprint density at radius 2 is 1.85 bits per heavy atom. The summed E-state index contributed by atoms with van der Waals surface area (Å²) in [7, 11) is -3.59. The Morgan fingerprint density at radius 1 is 1.15 bits per heavy atom. The summed E-state index contributed by atoms with van der Waals surface area (Å²) in [5.74, 6) is 0.445. The molecule has 0 spiro atoms. The third-order valence-corrected chi connectivity index (χ3v) is 4.68. The highest BCUT2D eigenvalue weighted by atomic mass is 79.9. The Labute approximate surface area is 163 Å². The van der Waals surface area contributed by atoms with Crippen molar-refractivity contribution in [2.24, 2.45) is 5.92 Å². The predicted octanol–water partition coefficient (Wildman–Crippen LogP) is 4.09. The molecule has 0 aliphatic rings. The maximum Gasteiger partial charge on any atom is 0.306 e. The molecule has 2 aromatic rings. The van der Waals surface area contributed by atoms with E-state index in [0.29, 0.717) is 18.7 Å². The first-order valence-electron chi connectivity index (χ1n) is 8.18. The van der Waals surface area contributed by atoms with Gasteiger partial charge < -0.3 is 9.08 Å². The first kappa shape index (κ1) is 20.5. The molecule has 5 nitrogen and oxygen atoms in total. The van der Waals surface area contributed by atoms with E-state index >= 15 is 0 Å². The van der Waals surface area contributed by atoms with E-state index in [2.05, 4.69) is 15.9 Å². The van der Waals surface area contributed by atoms with Crippen LogP contribution < -0.4 is 4.18 Å². The van der Waals surface area contributed by atoms with Crippen LogP contribution in [-0.2, 0) is 16.7 Å². The summed E-state index contributed by atoms with van der Waals surface area (Å²) in [4.78, 5) is 14.7. The Kier molecular flexibility index (Phi) is 6.83. The quantitative estimate of drug-likeness (QED) is 0.609. The summed E-state index contributed by atoms with van der Waals surface area (Å²) in [5, 5.41) is 0. The van der Waals surface area contributed by atoms with Crippen LogP contribution in [0.2, 0.25) is 0 Å². The molecule has 7 heteroatoms. The molecule has 0 N–H and O–H groups in total. The second kappa shape index (κ2) is 8.68. The second-order valence-corrected chi connectivity index (χ2v) is 8.92. The van der Waals surface area contributed by atoms with Crippen LogP contribution >= 0.6 is 15.9 Å². The molecule has 0 aromatic heterocycles. The van der Waals surface area contributed by atoms with Gasteiger partial charge in [0.05, 0.1) is 11.8 Å². The van der Waals surface area contributed by atoms with Crippen LogP contribution in [0.15, 0.2) is 53.0 Å². The van der Waals surface area contributed by atoms with Crippen molar-refractivity contribution in [3.8, 4) is 5.75 Å². The highest BCUT2D eigenvalue weighted by Gasteiger charge is 2.19. The Hall–Kier alpha value is -1.86. The van der Waals surface area contributed by atoms with Gasteiger partial charge in [-0.05, 0) is 51.7 Å². The van der Waals surface area contributed by atoms with Crippen molar-refractivity contribution in [1.82, 2.24) is 4.90 Å². The topological polar surface area (TPSA) is 63.7 Å². The number of carbonyl (C=O) groups excluding carboxylic acids is 1. The molecule has 140 valence electrons. The van der Waals surface area contributed by atoms with E-state index < -0.39 is 10.1 Å². The minimum absolute atomic E-state index is 0.0828. The van der Waals surface area contributed by atoms with E-state index in [0.717, 1.165) is 16.3 Å². The summed E-state index contributed by atoms with van der Waals surface area (Å²) in [6, 6.07) is 14.1. The number of hydrogen-bond donors (Lipinski definition) is 0. The number of hydrogen-bond acceptors (Lipinski definition) is 4. The zero-order valence-electron chi connectivity index (χ0n) is 15.0. The van der Waals surface area contributed by atoms with Gasteiger partial charge in [0.2, 0.25) is 0 Å². The first-order chi connectivity index (χ1) is 12.2. The van der Waals surface area contributed by atoms with Crippen LogP contribution in [0.3, 0.4) is 0 Å². The van der Waals surface area contributed by atoms with Crippen LogP contribution in [0.25, 0.3) is 0 Å². The summed E-state index contributed by atoms with van der Waals surface area (Å²) in [6.45, 7) is 5.03. The van der Waals surface area contributed by atoms with Gasteiger partial charge in [0.25, 0.3) is 5.91 Å². The maximum atomic E-state index is 13.0. The smallest absolute Gasteiger partial charge is 0.306 e. The van der Waals surface area contributed by atoms with Crippen molar-refractivity contribution >= 4 is 32.0 Å². The lowest BCUT2D eigenvalue weighted by molar-refractivity contribution is 0.0721. The molecule has 0 atom stereocenters. The van der Waals surface area contributed by atoms with Crippen molar-refractivity contribution in [2.75, 3.05) is 12.8 Å². The summed E-state index contributed by atoms with van der Waals surface area (Å²) < 4.78 is 28.3. The maximum absolute atomic E-state index is 13.0. The van der Waals surface area contributed by atoms with Crippen LogP contribution in [0.5, 0.6) is 5.75 Å². The van der Waals surface area contributed by atoms with Crippen molar-refractivity contribution in [1.29, 1.82) is 0 Å². The fourth-order valence-corrected chi connectivity index (χ4v) is 3.46. The normalized spacial score (nSPS) is 11.4. The lowest BCUT2D eigenvalue weighted by Crippen LogP contribution is -2.34. The second-order valence-electron chi connectivity index (χ2n) is 6.49. The van der Waals surface area contributed by atoms with Gasteiger partial charge in [-0.1, -0.05) is 38.1 Å². The van der Waals surface area contributed by atoms with Crippen molar-refractivity contribution in [3.05, 3.63) is 64.1 Å². The number of carbonyl (C=O) groups is 1. The Morgan fingerprint density at radius 3 is 2.46 bits per heavy atom. The van der Waals surface area contributed by atoms with Gasteiger partial charge in [-0.3, -0.25) is 4.79 Å². The fourth-order valence-electron chi connectivity index (χ4n) is 2.56. The third kappa shape index (κ3) is 6.14. The molecule has 0 aliphatic heterocycles. The van der Waals surface area contributed by atoms with Gasteiger partial charge in [-0.2, -0.15) is 8.42 Å². The molecule has 0 aliphatic carbocycles. The molecule has 26 heavy (non-hydrogen) atoms. The molecular weight excluding hydrogens is 418 g/mol. The van der Waals surface area contributed by atoms with Crippen LogP contribution in [0.1, 0.15) is 29.8 Å². The molecule has 0 unspecified atom stereocenters. The summed E-state index contributed by atoms with van der Waals surface area (Å²) in [6.07, 6.45) is 1.00. The van der Waals surface area contributed by atoms with Gasteiger partial charge in [-0.15, -0.1) is 0 Å². The van der Waals surface area contributed by atoms with E-state index in [-0.39, 0.29) is 17.6 Å². The van der Waals surface area contributed by atoms with Gasteiger partial charge in [0, 0.05) is 17.6 Å². The standard InChI is InChI=1S/C19H22BrNO4S/c1-14(2)12-21(19(22)17-9-4-5-10-18(17)20)13-15-7-6-8-16(11-15)25-26(3,23)24/h4-11,14H,12-13H2,1-3H3. The van der Waals surface area contributed by atoms with E-state index in [1.807, 2.05) is 38.1 Å². The summed E-state index contributed by atoms with van der Waals surface area (Å²) in [5.41, 5.74) is 1.39. The number of benzene rings is 2. The predicted molar refractivity (Wildman–Crippen MR) is 106 cm³/mol. The lowest BCUT2D eigenvalue weighted by atomic mass is 10.1. The van der Waals surface area contributed by atoms with E-state index in [9.17, 15) is 13.2 Å². The molecule has 2 rings (SSSR count). The van der Waals surface area contributed by atoms with E-state index in [4.69, 9.17) is 4.18 Å². The molecule has 0 saturated carbocycles. The minimum atomic E-state index is -3.59. The lowest BCUT2D eigenvalue weighted by Gasteiger charge is -2.25. The van der Waals surface area contributed by atoms with Gasteiger partial charge in [0.15, 0.2) is 0 Å². The average Bonchev–Trinajstić information content (AvgIpc) is 2.52. The van der Waals surface area contributed by atoms with Crippen LogP contribution in [0, 0.1) is 5.92 Å². The average molecular weight is 440 g/mol. The largest absolute Gasteiger partial charge is 0.383 e. The highest BCUT2D eigenvalue weighted by Crippen LogP contribution is 2.21. The van der Waals surface area contributed by atoms with Crippen LogP contribution in [-0.4, -0.2) is 32.0 Å². The van der Waals surface area contributed by atoms with Crippen molar-refractivity contribution < 1.29 is 17.4 Å². The fraction of sp³-hybridized carbons (Fsp3) is 0.316. The van der Waals surface area contributed by atoms with Gasteiger partial charge in [-0.25, -0.2) is 0 Å². The zero-order valence-corrected chi connectivity index (χ0v) is 17.4. The third-order valence-electron chi connectivity index (χ3n) is 3.50. The molecule has 2 aromatic carbocycles. The number of halogens is 1. The molecule has 0 radical (unpaired) electrons. The molecule has 0 fully saturated rings. The van der Waals surface area contributed by atoms with Crippen molar-refractivity contribution in [2.45, 2.75) is 20.4 Å². The van der Waals surface area contributed by atoms with Crippen LogP contribution in [0.4, 0.5) is 0 Å². The van der Waals surface area contributed by atoms with Gasteiger partial charge >= 0.3 is 10.1 Å². The minimum Gasteiger partial charge on any atom is -0.383 e. The monoisotopic (exact) mass is 439 g/mol. The summed E-state index contributed by atoms with van der Waals surface area (Å²) >= 11 is 3.43. The SMILES string of the molecule is CC(C)CN(Cc1cccc(OS(C)(=O)=O)c1)C(=O)c1ccccc1Br. The first-order valence-corrected chi connectivity index (χ1v) is 10.8. The van der Waals surface area contributed by atoms with Crippen molar-refractivity contribution in [3.63, 3.8) is 0 Å². The molecule has 0 bridgehead atoms. The van der Waals surface area contributed by atoms with Gasteiger partial charge in [0.1, 0.15) is 5.75 Å². The highest BCUT2D eigenvalue weighted by molar-refractivity contribution is 9.10. The zero-order chi connectivity index (χ0) is 19.3. The Bertz CT molecular complexity index is 881. The molecule has 0 saturated heterocycles. The number of amides is 1. The molecular formula is C19H22BrNO4S. The number of rotatable bonds is 7. The molecule has 0 heterocycles. The van der Waals surface area contributed by atoms with E-state index in [1.54, 1.807) is 29.2 Å². The van der Waals surface area contributed by atoms with E-state index in [1.165, 1.54) is 0 Å². The number of nitrogens with zero attached hydrogens (tertiary/aromatic N) is 1.